The number of carbonyl (C=O) groups is 2. The summed E-state index contributed by atoms with van der Waals surface area (Å²) in [5, 5.41) is 29.6. The Labute approximate surface area is 152 Å². The lowest BCUT2D eigenvalue weighted by molar-refractivity contribution is 0.0650. The maximum Gasteiger partial charge on any atom is 0.336 e. The fourth-order valence-electron chi connectivity index (χ4n) is 3.19. The molecule has 0 unspecified atom stereocenters. The lowest BCUT2D eigenvalue weighted by Gasteiger charge is -2.23. The van der Waals surface area contributed by atoms with E-state index in [1.807, 2.05) is 33.8 Å². The second kappa shape index (κ2) is 6.83. The minimum absolute atomic E-state index is 0.123. The van der Waals surface area contributed by atoms with Gasteiger partial charge in [0.2, 0.25) is 0 Å². The van der Waals surface area contributed by atoms with Crippen molar-refractivity contribution in [1.29, 1.82) is 0 Å². The molecule has 0 aliphatic carbocycles. The molecule has 0 aliphatic rings. The molecule has 0 saturated carbocycles. The second-order valence-corrected chi connectivity index (χ2v) is 7.70. The summed E-state index contributed by atoms with van der Waals surface area (Å²) in [7, 11) is 0. The van der Waals surface area contributed by atoms with E-state index in [0.717, 1.165) is 11.1 Å². The molecule has 2 rings (SSSR count). The maximum absolute atomic E-state index is 11.7. The third kappa shape index (κ3) is 3.87. The number of aryl methyl sites for hydroxylation is 2. The minimum atomic E-state index is -1.29. The van der Waals surface area contributed by atoms with Crippen LogP contribution in [-0.4, -0.2) is 27.3 Å². The van der Waals surface area contributed by atoms with Gasteiger partial charge in [0.15, 0.2) is 0 Å². The summed E-state index contributed by atoms with van der Waals surface area (Å²) in [6, 6.07) is 6.73. The zero-order chi connectivity index (χ0) is 19.8. The van der Waals surface area contributed by atoms with Crippen LogP contribution >= 0.6 is 0 Å². The lowest BCUT2D eigenvalue weighted by Crippen LogP contribution is -2.14. The van der Waals surface area contributed by atoms with E-state index in [0.29, 0.717) is 16.7 Å². The molecule has 0 aliphatic heterocycles. The molecule has 2 aromatic carbocycles. The van der Waals surface area contributed by atoms with Crippen molar-refractivity contribution in [2.24, 2.45) is 0 Å². The van der Waals surface area contributed by atoms with Gasteiger partial charge in [-0.3, -0.25) is 0 Å². The molecule has 26 heavy (non-hydrogen) atoms. The SMILES string of the molecule is Cc1cc(Cc2cc(C)cc(C(C)(C)C)c2O)c(C(=O)O)c(C(=O)O)c1. The Kier molecular flexibility index (Phi) is 5.12. The van der Waals surface area contributed by atoms with Crippen molar-refractivity contribution in [2.45, 2.75) is 46.5 Å². The molecule has 0 radical (unpaired) electrons. The van der Waals surface area contributed by atoms with E-state index >= 15 is 0 Å². The molecule has 3 N–H and O–H groups in total. The van der Waals surface area contributed by atoms with Crippen molar-refractivity contribution in [3.05, 3.63) is 63.2 Å². The average Bonchev–Trinajstić information content (AvgIpc) is 2.48. The molecular weight excluding hydrogens is 332 g/mol. The normalized spacial score (nSPS) is 11.4. The predicted octanol–water partition coefficient (Wildman–Crippen LogP) is 4.29. The van der Waals surface area contributed by atoms with Crippen LogP contribution in [0.5, 0.6) is 5.75 Å². The number of aromatic hydroxyl groups is 1. The quantitative estimate of drug-likeness (QED) is 0.759. The Bertz CT molecular complexity index is 888. The first-order valence-corrected chi connectivity index (χ1v) is 8.35. The van der Waals surface area contributed by atoms with Crippen LogP contribution in [0.25, 0.3) is 0 Å². The van der Waals surface area contributed by atoms with Gasteiger partial charge in [-0.1, -0.05) is 44.5 Å². The van der Waals surface area contributed by atoms with E-state index in [1.165, 1.54) is 6.07 Å². The highest BCUT2D eigenvalue weighted by molar-refractivity contribution is 6.03. The molecule has 2 aromatic rings. The molecular formula is C21H24O5. The molecule has 138 valence electrons. The highest BCUT2D eigenvalue weighted by Crippen LogP contribution is 2.36. The second-order valence-electron chi connectivity index (χ2n) is 7.70. The summed E-state index contributed by atoms with van der Waals surface area (Å²) in [6.07, 6.45) is 0.139. The number of hydrogen-bond donors (Lipinski definition) is 3. The van der Waals surface area contributed by atoms with Gasteiger partial charge in [-0.05, 0) is 47.6 Å². The van der Waals surface area contributed by atoms with Gasteiger partial charge in [-0.25, -0.2) is 9.59 Å². The van der Waals surface area contributed by atoms with Crippen LogP contribution in [0.4, 0.5) is 0 Å². The van der Waals surface area contributed by atoms with E-state index < -0.39 is 11.9 Å². The Balaban J connectivity index is 2.68. The topological polar surface area (TPSA) is 94.8 Å². The monoisotopic (exact) mass is 356 g/mol. The van der Waals surface area contributed by atoms with Gasteiger partial charge >= 0.3 is 11.9 Å². The summed E-state index contributed by atoms with van der Waals surface area (Å²) in [6.45, 7) is 9.60. The van der Waals surface area contributed by atoms with E-state index in [4.69, 9.17) is 0 Å². The smallest absolute Gasteiger partial charge is 0.336 e. The van der Waals surface area contributed by atoms with Gasteiger partial charge < -0.3 is 15.3 Å². The number of phenols is 1. The van der Waals surface area contributed by atoms with Crippen LogP contribution in [0.3, 0.4) is 0 Å². The Morgan fingerprint density at radius 3 is 1.92 bits per heavy atom. The average molecular weight is 356 g/mol. The molecule has 5 nitrogen and oxygen atoms in total. The first-order chi connectivity index (χ1) is 11.9. The van der Waals surface area contributed by atoms with E-state index in [1.54, 1.807) is 19.1 Å². The molecule has 0 heterocycles. The van der Waals surface area contributed by atoms with Crippen molar-refractivity contribution < 1.29 is 24.9 Å². The lowest BCUT2D eigenvalue weighted by atomic mass is 9.83. The van der Waals surface area contributed by atoms with E-state index in [9.17, 15) is 24.9 Å². The van der Waals surface area contributed by atoms with Gasteiger partial charge in [0.05, 0.1) is 11.1 Å². The maximum atomic E-state index is 11.7. The zero-order valence-electron chi connectivity index (χ0n) is 15.7. The highest BCUT2D eigenvalue weighted by atomic mass is 16.4. The first-order valence-electron chi connectivity index (χ1n) is 8.35. The number of benzene rings is 2. The van der Waals surface area contributed by atoms with E-state index in [2.05, 4.69) is 0 Å². The first kappa shape index (κ1) is 19.5. The molecule has 5 heteroatoms. The largest absolute Gasteiger partial charge is 0.507 e. The summed E-state index contributed by atoms with van der Waals surface area (Å²) < 4.78 is 0. The third-order valence-electron chi connectivity index (χ3n) is 4.33. The molecule has 0 bridgehead atoms. The van der Waals surface area contributed by atoms with Crippen molar-refractivity contribution >= 4 is 11.9 Å². The number of phenolic OH excluding ortho intramolecular Hbond substituents is 1. The van der Waals surface area contributed by atoms with Crippen LogP contribution in [-0.2, 0) is 11.8 Å². The fraction of sp³-hybridized carbons (Fsp3) is 0.333. The van der Waals surface area contributed by atoms with Crippen molar-refractivity contribution in [1.82, 2.24) is 0 Å². The fourth-order valence-corrected chi connectivity index (χ4v) is 3.19. The minimum Gasteiger partial charge on any atom is -0.507 e. The number of carboxylic acid groups (broad SMARTS) is 2. The summed E-state index contributed by atoms with van der Waals surface area (Å²) >= 11 is 0. The molecule has 0 aromatic heterocycles. The number of hydrogen-bond acceptors (Lipinski definition) is 3. The Morgan fingerprint density at radius 1 is 0.885 bits per heavy atom. The molecule has 0 atom stereocenters. The molecule has 0 amide bonds. The summed E-state index contributed by atoms with van der Waals surface area (Å²) in [5.74, 6) is -2.45. The zero-order valence-corrected chi connectivity index (χ0v) is 15.7. The Hall–Kier alpha value is -2.82. The molecule has 0 fully saturated rings. The van der Waals surface area contributed by atoms with Crippen molar-refractivity contribution in [3.63, 3.8) is 0 Å². The van der Waals surface area contributed by atoms with Crippen molar-refractivity contribution in [3.8, 4) is 5.75 Å². The highest BCUT2D eigenvalue weighted by Gasteiger charge is 2.24. The van der Waals surface area contributed by atoms with Gasteiger partial charge in [0.25, 0.3) is 0 Å². The van der Waals surface area contributed by atoms with Crippen molar-refractivity contribution in [2.75, 3.05) is 0 Å². The summed E-state index contributed by atoms with van der Waals surface area (Å²) in [5.41, 5.74) is 2.58. The van der Waals surface area contributed by atoms with Gasteiger partial charge in [0.1, 0.15) is 5.75 Å². The van der Waals surface area contributed by atoms with Gasteiger partial charge in [0, 0.05) is 6.42 Å². The third-order valence-corrected chi connectivity index (χ3v) is 4.33. The number of aromatic carboxylic acids is 2. The van der Waals surface area contributed by atoms with Gasteiger partial charge in [-0.15, -0.1) is 0 Å². The summed E-state index contributed by atoms with van der Waals surface area (Å²) in [4.78, 5) is 23.2. The van der Waals surface area contributed by atoms with Crippen LogP contribution in [0.2, 0.25) is 0 Å². The predicted molar refractivity (Wildman–Crippen MR) is 99.4 cm³/mol. The van der Waals surface area contributed by atoms with Gasteiger partial charge in [-0.2, -0.15) is 0 Å². The Morgan fingerprint density at radius 2 is 1.42 bits per heavy atom. The van der Waals surface area contributed by atoms with Crippen LogP contribution in [0.15, 0.2) is 24.3 Å². The van der Waals surface area contributed by atoms with Crippen LogP contribution in [0, 0.1) is 13.8 Å². The standard InChI is InChI=1S/C21H24O5/c1-11-6-13(17(20(25)26)15(8-11)19(23)24)10-14-7-12(2)9-16(18(14)22)21(3,4)5/h6-9,22H,10H2,1-5H3,(H,23,24)(H,25,26). The van der Waals surface area contributed by atoms with Crippen LogP contribution in [0.1, 0.15) is 69.3 Å². The molecule has 0 saturated heterocycles. The number of rotatable bonds is 4. The number of carboxylic acids is 2. The van der Waals surface area contributed by atoms with Crippen LogP contribution < -0.4 is 0 Å². The molecule has 0 spiro atoms. The van der Waals surface area contributed by atoms with E-state index in [-0.39, 0.29) is 28.7 Å².